The number of aromatic nitrogens is 5. The van der Waals surface area contributed by atoms with Crippen LogP contribution in [-0.4, -0.2) is 29.5 Å². The number of imidazole rings is 1. The fourth-order valence-electron chi connectivity index (χ4n) is 1.97. The Labute approximate surface area is 119 Å². The highest BCUT2D eigenvalue weighted by Crippen LogP contribution is 2.12. The van der Waals surface area contributed by atoms with Crippen molar-refractivity contribution in [1.82, 2.24) is 24.5 Å². The average molecular weight is 284 g/mol. The van der Waals surface area contributed by atoms with Gasteiger partial charge >= 0.3 is 0 Å². The number of hydrogen-bond acceptors (Lipinski definition) is 5. The molecule has 0 radical (unpaired) electrons. The van der Waals surface area contributed by atoms with E-state index in [4.69, 9.17) is 0 Å². The van der Waals surface area contributed by atoms with Gasteiger partial charge in [0.1, 0.15) is 5.69 Å². The monoisotopic (exact) mass is 284 g/mol. The molecule has 0 atom stereocenters. The molecule has 0 spiro atoms. The summed E-state index contributed by atoms with van der Waals surface area (Å²) in [4.78, 5) is 14.1. The topological polar surface area (TPSA) is 91.7 Å². The third kappa shape index (κ3) is 3.11. The van der Waals surface area contributed by atoms with Gasteiger partial charge in [0.15, 0.2) is 0 Å². The predicted molar refractivity (Wildman–Crippen MR) is 73.5 cm³/mol. The van der Waals surface area contributed by atoms with Gasteiger partial charge in [0.25, 0.3) is 5.69 Å². The van der Waals surface area contributed by atoms with E-state index in [2.05, 4.69) is 15.3 Å². The summed E-state index contributed by atoms with van der Waals surface area (Å²) < 4.78 is 3.60. The molecule has 8 heteroatoms. The molecule has 1 aromatic carbocycles. The van der Waals surface area contributed by atoms with Crippen LogP contribution in [0.25, 0.3) is 0 Å². The Morgan fingerprint density at radius 1 is 1.19 bits per heavy atom. The lowest BCUT2D eigenvalue weighted by molar-refractivity contribution is -0.384. The first-order valence-electron chi connectivity index (χ1n) is 6.29. The fraction of sp³-hybridized carbons (Fsp3) is 0.154. The maximum absolute atomic E-state index is 10.6. The van der Waals surface area contributed by atoms with Crippen molar-refractivity contribution in [3.63, 3.8) is 0 Å². The normalized spacial score (nSPS) is 10.7. The van der Waals surface area contributed by atoms with Crippen LogP contribution in [0, 0.1) is 10.1 Å². The maximum atomic E-state index is 10.6. The summed E-state index contributed by atoms with van der Waals surface area (Å²) in [5, 5.41) is 18.7. The first kappa shape index (κ1) is 13.0. The van der Waals surface area contributed by atoms with Crippen molar-refractivity contribution < 1.29 is 4.92 Å². The second kappa shape index (κ2) is 5.53. The minimum absolute atomic E-state index is 0.0816. The smallest absolute Gasteiger partial charge is 0.269 e. The van der Waals surface area contributed by atoms with Crippen LogP contribution in [0.3, 0.4) is 0 Å². The van der Waals surface area contributed by atoms with E-state index in [0.717, 1.165) is 11.3 Å². The van der Waals surface area contributed by atoms with Gasteiger partial charge in [-0.2, -0.15) is 0 Å². The number of hydrogen-bond donors (Lipinski definition) is 0. The van der Waals surface area contributed by atoms with E-state index >= 15 is 0 Å². The molecule has 0 unspecified atom stereocenters. The van der Waals surface area contributed by atoms with Crippen molar-refractivity contribution >= 4 is 5.69 Å². The number of rotatable bonds is 5. The van der Waals surface area contributed by atoms with E-state index in [9.17, 15) is 10.1 Å². The van der Waals surface area contributed by atoms with Gasteiger partial charge in [-0.3, -0.25) is 10.1 Å². The van der Waals surface area contributed by atoms with E-state index in [-0.39, 0.29) is 5.69 Å². The van der Waals surface area contributed by atoms with Gasteiger partial charge in [-0.05, 0) is 5.56 Å². The van der Waals surface area contributed by atoms with E-state index < -0.39 is 4.92 Å². The molecule has 0 N–H and O–H groups in total. The molecule has 0 aliphatic carbocycles. The molecule has 0 aliphatic rings. The second-order valence-electron chi connectivity index (χ2n) is 4.57. The Morgan fingerprint density at radius 3 is 2.67 bits per heavy atom. The van der Waals surface area contributed by atoms with Crippen molar-refractivity contribution in [1.29, 1.82) is 0 Å². The molecule has 21 heavy (non-hydrogen) atoms. The Morgan fingerprint density at radius 2 is 2.00 bits per heavy atom. The van der Waals surface area contributed by atoms with Gasteiger partial charge in [-0.15, -0.1) is 5.10 Å². The van der Waals surface area contributed by atoms with Crippen LogP contribution < -0.4 is 0 Å². The quantitative estimate of drug-likeness (QED) is 0.522. The lowest BCUT2D eigenvalue weighted by Crippen LogP contribution is -2.00. The molecular weight excluding hydrogens is 272 g/mol. The van der Waals surface area contributed by atoms with Crippen LogP contribution in [0.4, 0.5) is 5.69 Å². The number of nitrogens with zero attached hydrogens (tertiary/aromatic N) is 6. The first-order chi connectivity index (χ1) is 10.2. The largest absolute Gasteiger partial charge is 0.331 e. The Hall–Kier alpha value is -3.03. The summed E-state index contributed by atoms with van der Waals surface area (Å²) in [6.07, 6.45) is 7.13. The third-order valence-corrected chi connectivity index (χ3v) is 2.98. The van der Waals surface area contributed by atoms with Crippen LogP contribution in [-0.2, 0) is 13.1 Å². The lowest BCUT2D eigenvalue weighted by atomic mass is 10.2. The summed E-state index contributed by atoms with van der Waals surface area (Å²) in [6.45, 7) is 1.13. The number of benzene rings is 1. The van der Waals surface area contributed by atoms with Gasteiger partial charge in [0.05, 0.1) is 30.5 Å². The van der Waals surface area contributed by atoms with Gasteiger partial charge in [-0.25, -0.2) is 9.67 Å². The molecule has 0 aliphatic heterocycles. The number of nitro groups is 1. The minimum Gasteiger partial charge on any atom is -0.331 e. The van der Waals surface area contributed by atoms with E-state index in [0.29, 0.717) is 13.1 Å². The van der Waals surface area contributed by atoms with Gasteiger partial charge in [0, 0.05) is 24.5 Å². The molecule has 0 amide bonds. The molecule has 8 nitrogen and oxygen atoms in total. The van der Waals surface area contributed by atoms with Gasteiger partial charge < -0.3 is 4.57 Å². The molecule has 3 aromatic rings. The molecule has 2 heterocycles. The van der Waals surface area contributed by atoms with Crippen molar-refractivity contribution in [3.05, 3.63) is 70.6 Å². The molecule has 0 fully saturated rings. The van der Waals surface area contributed by atoms with Crippen molar-refractivity contribution in [2.75, 3.05) is 0 Å². The zero-order valence-electron chi connectivity index (χ0n) is 11.0. The minimum atomic E-state index is -0.414. The van der Waals surface area contributed by atoms with E-state index in [1.807, 2.05) is 17.0 Å². The van der Waals surface area contributed by atoms with E-state index in [1.165, 1.54) is 12.1 Å². The Balaban J connectivity index is 1.67. The molecule has 3 rings (SSSR count). The van der Waals surface area contributed by atoms with Crippen LogP contribution in [0.1, 0.15) is 11.3 Å². The maximum Gasteiger partial charge on any atom is 0.269 e. The molecule has 0 saturated carbocycles. The molecule has 0 bridgehead atoms. The van der Waals surface area contributed by atoms with E-state index in [1.54, 1.807) is 29.3 Å². The summed E-state index contributed by atoms with van der Waals surface area (Å²) in [6, 6.07) is 6.40. The number of nitro benzene ring substituents is 1. The zero-order chi connectivity index (χ0) is 14.7. The molecular formula is C13H12N6O2. The average Bonchev–Trinajstić information content (AvgIpc) is 3.12. The first-order valence-corrected chi connectivity index (χ1v) is 6.29. The van der Waals surface area contributed by atoms with Crippen LogP contribution >= 0.6 is 0 Å². The zero-order valence-corrected chi connectivity index (χ0v) is 11.0. The SMILES string of the molecule is O=[N+]([O-])c1ccc(Cn2cc(Cn3ccnc3)nn2)cc1. The summed E-state index contributed by atoms with van der Waals surface area (Å²) in [7, 11) is 0. The lowest BCUT2D eigenvalue weighted by Gasteiger charge is -2.00. The van der Waals surface area contributed by atoms with Crippen LogP contribution in [0.2, 0.25) is 0 Å². The highest BCUT2D eigenvalue weighted by molar-refractivity contribution is 5.32. The van der Waals surface area contributed by atoms with Crippen LogP contribution in [0.5, 0.6) is 0 Å². The summed E-state index contributed by atoms with van der Waals surface area (Å²) in [5.41, 5.74) is 1.84. The highest BCUT2D eigenvalue weighted by Gasteiger charge is 2.06. The summed E-state index contributed by atoms with van der Waals surface area (Å²) >= 11 is 0. The fourth-order valence-corrected chi connectivity index (χ4v) is 1.97. The number of non-ortho nitro benzene ring substituents is 1. The predicted octanol–water partition coefficient (Wildman–Crippen LogP) is 1.48. The Kier molecular flexibility index (Phi) is 3.42. The standard InChI is InChI=1S/C13H12N6O2/c20-19(21)13-3-1-11(2-4-13)7-18-9-12(15-16-18)8-17-6-5-14-10-17/h1-6,9-10H,7-8H2. The third-order valence-electron chi connectivity index (χ3n) is 2.98. The molecule has 0 saturated heterocycles. The molecule has 106 valence electrons. The Bertz CT molecular complexity index is 732. The second-order valence-corrected chi connectivity index (χ2v) is 4.57. The van der Waals surface area contributed by atoms with Crippen molar-refractivity contribution in [3.8, 4) is 0 Å². The summed E-state index contributed by atoms with van der Waals surface area (Å²) in [5.74, 6) is 0. The van der Waals surface area contributed by atoms with Crippen molar-refractivity contribution in [2.45, 2.75) is 13.1 Å². The van der Waals surface area contributed by atoms with Crippen molar-refractivity contribution in [2.24, 2.45) is 0 Å². The molecule has 2 aromatic heterocycles. The van der Waals surface area contributed by atoms with Crippen LogP contribution in [0.15, 0.2) is 49.2 Å². The van der Waals surface area contributed by atoms with Gasteiger partial charge in [-0.1, -0.05) is 17.3 Å². The van der Waals surface area contributed by atoms with Gasteiger partial charge in [0.2, 0.25) is 0 Å². The highest BCUT2D eigenvalue weighted by atomic mass is 16.6.